The van der Waals surface area contributed by atoms with Crippen molar-refractivity contribution in [3.05, 3.63) is 75.5 Å². The van der Waals surface area contributed by atoms with E-state index in [1.807, 2.05) is 32.0 Å². The van der Waals surface area contributed by atoms with E-state index in [4.69, 9.17) is 0 Å². The minimum absolute atomic E-state index is 0.0658. The summed E-state index contributed by atoms with van der Waals surface area (Å²) in [6.07, 6.45) is 1.27. The third-order valence-corrected chi connectivity index (χ3v) is 4.99. The Morgan fingerprint density at radius 3 is 2.82 bits per heavy atom. The van der Waals surface area contributed by atoms with E-state index in [1.165, 1.54) is 24.0 Å². The molecule has 1 N–H and O–H groups in total. The quantitative estimate of drug-likeness (QED) is 0.295. The number of nitrogens with zero attached hydrogens (tertiary/aromatic N) is 3. The zero-order valence-electron chi connectivity index (χ0n) is 15.4. The van der Waals surface area contributed by atoms with Crippen LogP contribution in [0.1, 0.15) is 16.8 Å². The number of aryl methyl sites for hydroxylation is 2. The number of thioether (sulfide) groups is 1. The number of amides is 1. The van der Waals surface area contributed by atoms with Gasteiger partial charge in [0.15, 0.2) is 0 Å². The van der Waals surface area contributed by atoms with Crippen molar-refractivity contribution >= 4 is 40.5 Å². The number of hydrazone groups is 1. The first-order valence-corrected chi connectivity index (χ1v) is 9.49. The van der Waals surface area contributed by atoms with Crippen molar-refractivity contribution in [2.24, 2.45) is 5.10 Å². The van der Waals surface area contributed by atoms with E-state index in [-0.39, 0.29) is 17.3 Å². The maximum Gasteiger partial charge on any atom is 0.278 e. The number of para-hydroxylation sites is 1. The van der Waals surface area contributed by atoms with Gasteiger partial charge in [-0.3, -0.25) is 19.9 Å². The lowest BCUT2D eigenvalue weighted by Crippen LogP contribution is -2.19. The number of nitro benzene ring substituents is 1. The molecule has 0 saturated carbocycles. The second-order valence-corrected chi connectivity index (χ2v) is 7.20. The van der Waals surface area contributed by atoms with E-state index in [9.17, 15) is 14.9 Å². The number of aromatic nitrogens is 1. The number of fused-ring (bicyclic) bond motifs is 1. The molecule has 0 atom stereocenters. The monoisotopic (exact) mass is 394 g/mol. The molecular weight excluding hydrogens is 376 g/mol. The normalized spacial score (nSPS) is 11.1. The Balaban J connectivity index is 1.66. The number of hydrogen-bond donors (Lipinski definition) is 1. The first kappa shape index (κ1) is 19.5. The highest BCUT2D eigenvalue weighted by atomic mass is 32.2. The molecular formula is C20H18N4O3S. The van der Waals surface area contributed by atoms with Crippen LogP contribution in [0.25, 0.3) is 10.9 Å². The van der Waals surface area contributed by atoms with Gasteiger partial charge in [-0.1, -0.05) is 23.8 Å². The summed E-state index contributed by atoms with van der Waals surface area (Å²) in [5.74, 6) is -0.129. The highest BCUT2D eigenvalue weighted by molar-refractivity contribution is 8.00. The van der Waals surface area contributed by atoms with Crippen molar-refractivity contribution in [2.45, 2.75) is 18.7 Å². The van der Waals surface area contributed by atoms with Crippen LogP contribution in [0.5, 0.6) is 0 Å². The van der Waals surface area contributed by atoms with Crippen LogP contribution in [0.3, 0.4) is 0 Å². The standard InChI is InChI=1S/C20H18N4O3S/c1-13-7-8-17-16(9-13)19(10-14(2)22-17)28-12-20(25)23-21-11-15-5-3-4-6-18(15)24(26)27/h3-11H,12H2,1-2H3,(H,23,25)/b21-11-. The van der Waals surface area contributed by atoms with Gasteiger partial charge in [0.05, 0.1) is 28.0 Å². The number of pyridine rings is 1. The molecule has 142 valence electrons. The molecule has 0 unspecified atom stereocenters. The molecule has 28 heavy (non-hydrogen) atoms. The van der Waals surface area contributed by atoms with Crippen molar-refractivity contribution in [2.75, 3.05) is 5.75 Å². The predicted molar refractivity (Wildman–Crippen MR) is 111 cm³/mol. The minimum atomic E-state index is -0.488. The Hall–Kier alpha value is -3.26. The van der Waals surface area contributed by atoms with Crippen molar-refractivity contribution < 1.29 is 9.72 Å². The summed E-state index contributed by atoms with van der Waals surface area (Å²) in [6.45, 7) is 3.93. The Bertz CT molecular complexity index is 1080. The molecule has 0 radical (unpaired) electrons. The lowest BCUT2D eigenvalue weighted by molar-refractivity contribution is -0.385. The molecule has 1 heterocycles. The van der Waals surface area contributed by atoms with E-state index < -0.39 is 4.92 Å². The van der Waals surface area contributed by atoms with E-state index in [0.29, 0.717) is 5.56 Å². The molecule has 0 saturated heterocycles. The van der Waals surface area contributed by atoms with Gasteiger partial charge in [-0.2, -0.15) is 5.10 Å². The minimum Gasteiger partial charge on any atom is -0.272 e. The highest BCUT2D eigenvalue weighted by Crippen LogP contribution is 2.28. The highest BCUT2D eigenvalue weighted by Gasteiger charge is 2.11. The van der Waals surface area contributed by atoms with E-state index in [2.05, 4.69) is 21.6 Å². The van der Waals surface area contributed by atoms with E-state index in [0.717, 1.165) is 27.1 Å². The second kappa shape index (κ2) is 8.62. The van der Waals surface area contributed by atoms with Crippen molar-refractivity contribution in [3.63, 3.8) is 0 Å². The average Bonchev–Trinajstić information content (AvgIpc) is 2.66. The molecule has 7 nitrogen and oxygen atoms in total. The molecule has 0 aliphatic carbocycles. The Labute approximate surface area is 166 Å². The molecule has 0 spiro atoms. The number of carbonyl (C=O) groups excluding carboxylic acids is 1. The fraction of sp³-hybridized carbons (Fsp3) is 0.150. The maximum atomic E-state index is 12.1. The van der Waals surface area contributed by atoms with Crippen LogP contribution in [0.2, 0.25) is 0 Å². The summed E-state index contributed by atoms with van der Waals surface area (Å²) in [7, 11) is 0. The lowest BCUT2D eigenvalue weighted by atomic mass is 10.1. The molecule has 1 amide bonds. The van der Waals surface area contributed by atoms with Crippen LogP contribution in [-0.4, -0.2) is 27.8 Å². The zero-order valence-corrected chi connectivity index (χ0v) is 16.2. The lowest BCUT2D eigenvalue weighted by Gasteiger charge is -2.08. The topological polar surface area (TPSA) is 97.5 Å². The number of hydrogen-bond acceptors (Lipinski definition) is 6. The van der Waals surface area contributed by atoms with Gasteiger partial charge in [0, 0.05) is 22.0 Å². The molecule has 0 aliphatic heterocycles. The van der Waals surface area contributed by atoms with Crippen LogP contribution in [-0.2, 0) is 4.79 Å². The van der Waals surface area contributed by atoms with Gasteiger partial charge in [-0.15, -0.1) is 11.8 Å². The molecule has 0 fully saturated rings. The number of rotatable bonds is 6. The predicted octanol–water partition coefficient (Wildman–Crippen LogP) is 4.00. The van der Waals surface area contributed by atoms with Gasteiger partial charge in [0.25, 0.3) is 5.69 Å². The van der Waals surface area contributed by atoms with Crippen molar-refractivity contribution in [3.8, 4) is 0 Å². The molecule has 8 heteroatoms. The van der Waals surface area contributed by atoms with Crippen LogP contribution >= 0.6 is 11.8 Å². The van der Waals surface area contributed by atoms with E-state index in [1.54, 1.807) is 18.2 Å². The Kier molecular flexibility index (Phi) is 6.00. The third kappa shape index (κ3) is 4.72. The maximum absolute atomic E-state index is 12.1. The summed E-state index contributed by atoms with van der Waals surface area (Å²) < 4.78 is 0. The molecule has 3 rings (SSSR count). The Morgan fingerprint density at radius 2 is 2.04 bits per heavy atom. The number of nitrogens with one attached hydrogen (secondary N) is 1. The first-order chi connectivity index (χ1) is 13.4. The van der Waals surface area contributed by atoms with E-state index >= 15 is 0 Å². The number of carbonyl (C=O) groups is 1. The van der Waals surface area contributed by atoms with Gasteiger partial charge < -0.3 is 0 Å². The first-order valence-electron chi connectivity index (χ1n) is 8.50. The zero-order chi connectivity index (χ0) is 20.1. The van der Waals surface area contributed by atoms with Crippen molar-refractivity contribution in [1.82, 2.24) is 10.4 Å². The molecule has 3 aromatic rings. The summed E-state index contributed by atoms with van der Waals surface area (Å²) in [6, 6.07) is 14.2. The van der Waals surface area contributed by atoms with Crippen LogP contribution in [0, 0.1) is 24.0 Å². The van der Waals surface area contributed by atoms with Gasteiger partial charge in [-0.05, 0) is 38.1 Å². The van der Waals surface area contributed by atoms with Gasteiger partial charge in [0.2, 0.25) is 5.91 Å². The second-order valence-electron chi connectivity index (χ2n) is 6.18. The molecule has 0 bridgehead atoms. The van der Waals surface area contributed by atoms with Gasteiger partial charge in [0.1, 0.15) is 0 Å². The van der Waals surface area contributed by atoms with Gasteiger partial charge in [-0.25, -0.2) is 5.43 Å². The summed E-state index contributed by atoms with van der Waals surface area (Å²) >= 11 is 1.40. The largest absolute Gasteiger partial charge is 0.278 e. The van der Waals surface area contributed by atoms with Crippen molar-refractivity contribution in [1.29, 1.82) is 0 Å². The van der Waals surface area contributed by atoms with Crippen LogP contribution in [0.4, 0.5) is 5.69 Å². The number of benzene rings is 2. The number of nitro groups is 1. The van der Waals surface area contributed by atoms with Gasteiger partial charge >= 0.3 is 0 Å². The summed E-state index contributed by atoms with van der Waals surface area (Å²) in [5, 5.41) is 15.8. The fourth-order valence-electron chi connectivity index (χ4n) is 2.67. The van der Waals surface area contributed by atoms with Crippen LogP contribution in [0.15, 0.2) is 58.5 Å². The summed E-state index contributed by atoms with van der Waals surface area (Å²) in [5.41, 5.74) is 5.57. The summed E-state index contributed by atoms with van der Waals surface area (Å²) in [4.78, 5) is 28.1. The average molecular weight is 394 g/mol. The smallest absolute Gasteiger partial charge is 0.272 e. The molecule has 1 aromatic heterocycles. The third-order valence-electron chi connectivity index (χ3n) is 3.94. The Morgan fingerprint density at radius 1 is 1.25 bits per heavy atom. The SMILES string of the molecule is Cc1ccc2nc(C)cc(SCC(=O)N/N=C\c3ccccc3[N+](=O)[O-])c2c1. The fourth-order valence-corrected chi connectivity index (χ4v) is 3.59. The molecule has 2 aromatic carbocycles. The van der Waals surface area contributed by atoms with Crippen LogP contribution < -0.4 is 5.43 Å². The molecule has 0 aliphatic rings.